The Morgan fingerprint density at radius 2 is 1.77 bits per heavy atom. The number of rotatable bonds is 8. The molecule has 1 saturated carbocycles. The Hall–Kier alpha value is -2.94. The molecule has 1 aliphatic carbocycles. The number of hydrogen-bond donors (Lipinski definition) is 2. The number of aryl methyl sites for hydroxylation is 1. The van der Waals surface area contributed by atoms with Crippen molar-refractivity contribution in [3.8, 4) is 0 Å². The first-order valence-corrected chi connectivity index (χ1v) is 14.5. The van der Waals surface area contributed by atoms with E-state index in [1.54, 1.807) is 25.6 Å². The van der Waals surface area contributed by atoms with Crippen molar-refractivity contribution >= 4 is 22.1 Å². The van der Waals surface area contributed by atoms with Gasteiger partial charge in [0, 0.05) is 50.8 Å². The average Bonchev–Trinajstić information content (AvgIpc) is 3.31. The summed E-state index contributed by atoms with van der Waals surface area (Å²) >= 11 is 0. The third-order valence-electron chi connectivity index (χ3n) is 7.07. The van der Waals surface area contributed by atoms with Crippen molar-refractivity contribution in [3.63, 3.8) is 0 Å². The lowest BCUT2D eigenvalue weighted by molar-refractivity contribution is -0.138. The zero-order chi connectivity index (χ0) is 28.2. The Morgan fingerprint density at radius 3 is 2.33 bits per heavy atom. The fourth-order valence-electron chi connectivity index (χ4n) is 5.01. The minimum absolute atomic E-state index is 0.0450. The van der Waals surface area contributed by atoms with E-state index in [0.29, 0.717) is 44.7 Å². The molecule has 0 unspecified atom stereocenters. The SMILES string of the molecule is C[C@@H](CC(F)(F)F)NC(=O)OC1CCC(c2cnc(NC3CCN(S(=O)(=O)c4ccn(C)n4)CC3)nc2)CC1. The third kappa shape index (κ3) is 8.03. The number of carbonyl (C=O) groups excluding carboxylic acids is 1. The van der Waals surface area contributed by atoms with Gasteiger partial charge in [0.05, 0.1) is 6.42 Å². The van der Waals surface area contributed by atoms with Crippen molar-refractivity contribution in [2.75, 3.05) is 18.4 Å². The predicted octanol–water partition coefficient (Wildman–Crippen LogP) is 3.57. The number of amides is 1. The van der Waals surface area contributed by atoms with Crippen molar-refractivity contribution in [2.24, 2.45) is 7.05 Å². The molecule has 15 heteroatoms. The molecule has 2 N–H and O–H groups in total. The maximum Gasteiger partial charge on any atom is 0.407 e. The van der Waals surface area contributed by atoms with E-state index in [0.717, 1.165) is 18.4 Å². The van der Waals surface area contributed by atoms with Crippen LogP contribution in [0.5, 0.6) is 0 Å². The molecule has 0 bridgehead atoms. The maximum absolute atomic E-state index is 12.8. The average molecular weight is 574 g/mol. The summed E-state index contributed by atoms with van der Waals surface area (Å²) < 4.78 is 71.1. The summed E-state index contributed by atoms with van der Waals surface area (Å²) in [5, 5.41) is 9.60. The molecule has 1 atom stereocenters. The summed E-state index contributed by atoms with van der Waals surface area (Å²) in [4.78, 5) is 20.8. The lowest BCUT2D eigenvalue weighted by atomic mass is 9.84. The van der Waals surface area contributed by atoms with E-state index < -0.39 is 34.8 Å². The van der Waals surface area contributed by atoms with Crippen LogP contribution in [0.15, 0.2) is 29.7 Å². The van der Waals surface area contributed by atoms with Gasteiger partial charge in [0.15, 0.2) is 5.03 Å². The van der Waals surface area contributed by atoms with Gasteiger partial charge in [-0.05, 0) is 63.0 Å². The fraction of sp³-hybridized carbons (Fsp3) is 0.667. The highest BCUT2D eigenvalue weighted by atomic mass is 32.2. The van der Waals surface area contributed by atoms with E-state index in [-0.39, 0.29) is 23.1 Å². The first kappa shape index (κ1) is 29.1. The normalized spacial score (nSPS) is 22.3. The smallest absolute Gasteiger partial charge is 0.407 e. The Labute approximate surface area is 225 Å². The lowest BCUT2D eigenvalue weighted by Gasteiger charge is -2.31. The standard InChI is InChI=1S/C24H34F3N7O4S/c1-16(13-24(25,26)27)30-23(35)38-20-5-3-17(4-6-20)18-14-28-22(29-15-18)31-19-7-11-34(12-8-19)39(36,37)21-9-10-33(2)32-21/h9-10,14-17,19-20H,3-8,11-13H2,1-2H3,(H,30,35)(H,28,29,31)/t16-,17?,20?/m0/s1. The van der Waals surface area contributed by atoms with Gasteiger partial charge in [0.25, 0.3) is 10.0 Å². The van der Waals surface area contributed by atoms with E-state index in [4.69, 9.17) is 4.74 Å². The van der Waals surface area contributed by atoms with Gasteiger partial charge in [-0.25, -0.2) is 23.2 Å². The second kappa shape index (κ2) is 12.1. The molecular formula is C24H34F3N7O4S. The van der Waals surface area contributed by atoms with Gasteiger partial charge in [-0.3, -0.25) is 4.68 Å². The molecule has 39 heavy (non-hydrogen) atoms. The van der Waals surface area contributed by atoms with Crippen LogP contribution in [0.3, 0.4) is 0 Å². The van der Waals surface area contributed by atoms with Gasteiger partial charge < -0.3 is 15.4 Å². The number of ether oxygens (including phenoxy) is 1. The quantitative estimate of drug-likeness (QED) is 0.490. The summed E-state index contributed by atoms with van der Waals surface area (Å²) in [6.45, 7) is 2.04. The molecule has 0 radical (unpaired) electrons. The zero-order valence-corrected chi connectivity index (χ0v) is 22.7. The van der Waals surface area contributed by atoms with Crippen LogP contribution in [-0.2, 0) is 21.8 Å². The molecule has 2 fully saturated rings. The number of aromatic nitrogens is 4. The molecule has 11 nitrogen and oxygen atoms in total. The molecule has 3 heterocycles. The number of nitrogens with one attached hydrogen (secondary N) is 2. The highest BCUT2D eigenvalue weighted by molar-refractivity contribution is 7.89. The number of alkyl halides is 3. The van der Waals surface area contributed by atoms with Crippen LogP contribution in [-0.4, -0.2) is 76.0 Å². The molecule has 216 valence electrons. The second-order valence-electron chi connectivity index (χ2n) is 10.2. The number of carbonyl (C=O) groups is 1. The number of hydrogen-bond acceptors (Lipinski definition) is 8. The summed E-state index contributed by atoms with van der Waals surface area (Å²) in [6, 6.07) is 0.489. The van der Waals surface area contributed by atoms with Crippen molar-refractivity contribution in [1.29, 1.82) is 0 Å². The van der Waals surface area contributed by atoms with Crippen LogP contribution in [0.4, 0.5) is 23.9 Å². The molecule has 0 spiro atoms. The van der Waals surface area contributed by atoms with E-state index in [2.05, 4.69) is 25.7 Å². The van der Waals surface area contributed by atoms with E-state index >= 15 is 0 Å². The largest absolute Gasteiger partial charge is 0.446 e. The number of alkyl carbamates (subject to hydrolysis) is 1. The number of halogens is 3. The molecule has 1 amide bonds. The van der Waals surface area contributed by atoms with Gasteiger partial charge in [0.1, 0.15) is 6.10 Å². The van der Waals surface area contributed by atoms with E-state index in [9.17, 15) is 26.4 Å². The third-order valence-corrected chi connectivity index (χ3v) is 8.86. The minimum atomic E-state index is -4.35. The van der Waals surface area contributed by atoms with Crippen LogP contribution in [0, 0.1) is 0 Å². The molecule has 2 aliphatic rings. The fourth-order valence-corrected chi connectivity index (χ4v) is 6.43. The van der Waals surface area contributed by atoms with Gasteiger partial charge in [-0.2, -0.15) is 22.6 Å². The molecule has 4 rings (SSSR count). The van der Waals surface area contributed by atoms with Crippen LogP contribution < -0.4 is 10.6 Å². The first-order chi connectivity index (χ1) is 18.4. The van der Waals surface area contributed by atoms with Gasteiger partial charge in [-0.1, -0.05) is 0 Å². The topological polar surface area (TPSA) is 131 Å². The van der Waals surface area contributed by atoms with Crippen LogP contribution in [0.2, 0.25) is 0 Å². The molecule has 1 saturated heterocycles. The Balaban J connectivity index is 1.19. The van der Waals surface area contributed by atoms with Crippen molar-refractivity contribution in [2.45, 2.75) is 87.2 Å². The lowest BCUT2D eigenvalue weighted by Crippen LogP contribution is -2.42. The van der Waals surface area contributed by atoms with Crippen LogP contribution >= 0.6 is 0 Å². The van der Waals surface area contributed by atoms with Gasteiger partial charge >= 0.3 is 12.3 Å². The predicted molar refractivity (Wildman–Crippen MR) is 135 cm³/mol. The molecule has 2 aromatic rings. The van der Waals surface area contributed by atoms with Crippen LogP contribution in [0.25, 0.3) is 0 Å². The molecular weight excluding hydrogens is 539 g/mol. The maximum atomic E-state index is 12.8. The van der Waals surface area contributed by atoms with Crippen molar-refractivity contribution in [1.82, 2.24) is 29.4 Å². The summed E-state index contributed by atoms with van der Waals surface area (Å²) in [5.41, 5.74) is 0.971. The number of anilines is 1. The zero-order valence-electron chi connectivity index (χ0n) is 21.9. The number of nitrogens with zero attached hydrogens (tertiary/aromatic N) is 5. The first-order valence-electron chi connectivity index (χ1n) is 13.0. The number of piperidine rings is 1. The second-order valence-corrected chi connectivity index (χ2v) is 12.1. The molecule has 2 aromatic heterocycles. The Morgan fingerprint density at radius 1 is 1.13 bits per heavy atom. The summed E-state index contributed by atoms with van der Waals surface area (Å²) in [7, 11) is -1.93. The van der Waals surface area contributed by atoms with E-state index in [1.807, 2.05) is 0 Å². The van der Waals surface area contributed by atoms with Crippen molar-refractivity contribution in [3.05, 3.63) is 30.2 Å². The highest BCUT2D eigenvalue weighted by Gasteiger charge is 2.33. The Bertz CT molecular complexity index is 1210. The summed E-state index contributed by atoms with van der Waals surface area (Å²) in [5.74, 6) is 0.678. The Kier molecular flexibility index (Phi) is 8.99. The highest BCUT2D eigenvalue weighted by Crippen LogP contribution is 2.34. The van der Waals surface area contributed by atoms with Crippen molar-refractivity contribution < 1.29 is 31.1 Å². The monoisotopic (exact) mass is 573 g/mol. The minimum Gasteiger partial charge on any atom is -0.446 e. The molecule has 0 aromatic carbocycles. The van der Waals surface area contributed by atoms with Gasteiger partial charge in [-0.15, -0.1) is 0 Å². The summed E-state index contributed by atoms with van der Waals surface area (Å²) in [6.07, 6.45) is 2.46. The van der Waals surface area contributed by atoms with E-state index in [1.165, 1.54) is 22.0 Å². The van der Waals surface area contributed by atoms with Crippen LogP contribution in [0.1, 0.15) is 63.4 Å². The van der Waals surface area contributed by atoms with Gasteiger partial charge in [0.2, 0.25) is 5.95 Å². The number of sulfonamides is 1. The molecule has 1 aliphatic heterocycles.